The van der Waals surface area contributed by atoms with Crippen LogP contribution in [0.3, 0.4) is 0 Å². The summed E-state index contributed by atoms with van der Waals surface area (Å²) in [5, 5.41) is 2.57. The Balaban J connectivity index is 2.23. The standard InChI is InChI=1S/C18H19Cl2FN2O3S/c1-11(2)9-23-27(25,26)17-7-14(15(19)8-16(17)20)18(24)22-10-12-3-5-13(21)6-4-12/h3-8,11,23H,9-10H2,1-2H3,(H,22,24). The van der Waals surface area contributed by atoms with Crippen molar-refractivity contribution in [3.63, 3.8) is 0 Å². The van der Waals surface area contributed by atoms with E-state index >= 15 is 0 Å². The van der Waals surface area contributed by atoms with Crippen molar-refractivity contribution in [1.82, 2.24) is 10.0 Å². The molecule has 0 heterocycles. The first-order valence-corrected chi connectivity index (χ1v) is 10.4. The molecule has 0 aliphatic carbocycles. The Kier molecular flexibility index (Phi) is 7.22. The van der Waals surface area contributed by atoms with Crippen molar-refractivity contribution in [3.8, 4) is 0 Å². The molecule has 2 rings (SSSR count). The lowest BCUT2D eigenvalue weighted by Crippen LogP contribution is -2.28. The van der Waals surface area contributed by atoms with E-state index in [1.807, 2.05) is 13.8 Å². The van der Waals surface area contributed by atoms with Crippen LogP contribution in [0.1, 0.15) is 29.8 Å². The maximum absolute atomic E-state index is 12.9. The summed E-state index contributed by atoms with van der Waals surface area (Å²) >= 11 is 12.1. The number of carbonyl (C=O) groups is 1. The van der Waals surface area contributed by atoms with E-state index in [4.69, 9.17) is 23.2 Å². The van der Waals surface area contributed by atoms with Crippen LogP contribution in [0.15, 0.2) is 41.3 Å². The fraction of sp³-hybridized carbons (Fsp3) is 0.278. The van der Waals surface area contributed by atoms with Gasteiger partial charge in [-0.05, 0) is 35.7 Å². The average molecular weight is 433 g/mol. The molecule has 0 radical (unpaired) electrons. The van der Waals surface area contributed by atoms with Crippen molar-refractivity contribution in [2.24, 2.45) is 5.92 Å². The summed E-state index contributed by atoms with van der Waals surface area (Å²) in [6.07, 6.45) is 0. The molecule has 0 bridgehead atoms. The molecule has 5 nitrogen and oxygen atoms in total. The van der Waals surface area contributed by atoms with Crippen LogP contribution < -0.4 is 10.0 Å². The molecule has 0 saturated carbocycles. The Labute approximate surface area is 167 Å². The monoisotopic (exact) mass is 432 g/mol. The molecule has 2 N–H and O–H groups in total. The van der Waals surface area contributed by atoms with Gasteiger partial charge in [0.15, 0.2) is 0 Å². The lowest BCUT2D eigenvalue weighted by Gasteiger charge is -2.13. The van der Waals surface area contributed by atoms with E-state index in [2.05, 4.69) is 10.0 Å². The van der Waals surface area contributed by atoms with E-state index in [0.29, 0.717) is 5.56 Å². The van der Waals surface area contributed by atoms with Gasteiger partial charge < -0.3 is 5.32 Å². The zero-order chi connectivity index (χ0) is 20.2. The van der Waals surface area contributed by atoms with Gasteiger partial charge in [0.1, 0.15) is 10.7 Å². The highest BCUT2D eigenvalue weighted by Gasteiger charge is 2.22. The predicted octanol–water partition coefficient (Wildman–Crippen LogP) is 4.00. The second kappa shape index (κ2) is 9.01. The first kappa shape index (κ1) is 21.6. The smallest absolute Gasteiger partial charge is 0.253 e. The minimum atomic E-state index is -3.89. The van der Waals surface area contributed by atoms with E-state index in [0.717, 1.165) is 6.07 Å². The molecule has 0 unspecified atom stereocenters. The van der Waals surface area contributed by atoms with Gasteiger partial charge in [-0.1, -0.05) is 49.2 Å². The maximum atomic E-state index is 12.9. The molecule has 0 spiro atoms. The molecular weight excluding hydrogens is 414 g/mol. The largest absolute Gasteiger partial charge is 0.348 e. The summed E-state index contributed by atoms with van der Waals surface area (Å²) in [5.74, 6) is -0.847. The van der Waals surface area contributed by atoms with E-state index in [1.54, 1.807) is 0 Å². The Morgan fingerprint density at radius 2 is 1.74 bits per heavy atom. The minimum Gasteiger partial charge on any atom is -0.348 e. The lowest BCUT2D eigenvalue weighted by molar-refractivity contribution is 0.0951. The van der Waals surface area contributed by atoms with Gasteiger partial charge in [0.05, 0.1) is 15.6 Å². The number of sulfonamides is 1. The highest BCUT2D eigenvalue weighted by Crippen LogP contribution is 2.28. The quantitative estimate of drug-likeness (QED) is 0.693. The average Bonchev–Trinajstić information content (AvgIpc) is 2.59. The van der Waals surface area contributed by atoms with Crippen LogP contribution in [0, 0.1) is 11.7 Å². The van der Waals surface area contributed by atoms with Crippen molar-refractivity contribution >= 4 is 39.1 Å². The zero-order valence-corrected chi connectivity index (χ0v) is 17.1. The molecular formula is C18H19Cl2FN2O3S. The fourth-order valence-electron chi connectivity index (χ4n) is 2.14. The Morgan fingerprint density at radius 1 is 1.11 bits per heavy atom. The normalized spacial score (nSPS) is 11.6. The Bertz CT molecular complexity index is 932. The molecule has 0 atom stereocenters. The van der Waals surface area contributed by atoms with Crippen molar-refractivity contribution in [2.75, 3.05) is 6.54 Å². The molecule has 0 aliphatic rings. The van der Waals surface area contributed by atoms with Crippen LogP contribution in [0.5, 0.6) is 0 Å². The first-order valence-electron chi connectivity index (χ1n) is 8.11. The minimum absolute atomic E-state index is 0.0203. The second-order valence-electron chi connectivity index (χ2n) is 6.32. The van der Waals surface area contributed by atoms with Crippen molar-refractivity contribution in [2.45, 2.75) is 25.3 Å². The lowest BCUT2D eigenvalue weighted by atomic mass is 10.2. The van der Waals surface area contributed by atoms with Crippen LogP contribution in [0.25, 0.3) is 0 Å². The molecule has 2 aromatic rings. The summed E-state index contributed by atoms with van der Waals surface area (Å²) < 4.78 is 40.3. The van der Waals surface area contributed by atoms with Crippen LogP contribution in [0.4, 0.5) is 4.39 Å². The topological polar surface area (TPSA) is 75.3 Å². The van der Waals surface area contributed by atoms with Gasteiger partial charge in [0.2, 0.25) is 10.0 Å². The third kappa shape index (κ3) is 5.90. The van der Waals surface area contributed by atoms with E-state index in [1.165, 1.54) is 30.3 Å². The molecule has 146 valence electrons. The number of benzene rings is 2. The summed E-state index contributed by atoms with van der Waals surface area (Å²) in [5.41, 5.74) is 0.661. The fourth-order valence-corrected chi connectivity index (χ4v) is 4.21. The highest BCUT2D eigenvalue weighted by atomic mass is 35.5. The maximum Gasteiger partial charge on any atom is 0.253 e. The van der Waals surface area contributed by atoms with Crippen molar-refractivity contribution in [3.05, 3.63) is 63.4 Å². The number of amides is 1. The summed E-state index contributed by atoms with van der Waals surface area (Å²) in [7, 11) is -3.89. The molecule has 27 heavy (non-hydrogen) atoms. The van der Waals surface area contributed by atoms with Gasteiger partial charge in [-0.15, -0.1) is 0 Å². The predicted molar refractivity (Wildman–Crippen MR) is 104 cm³/mol. The van der Waals surface area contributed by atoms with Gasteiger partial charge in [0.25, 0.3) is 5.91 Å². The first-order chi connectivity index (χ1) is 12.6. The summed E-state index contributed by atoms with van der Waals surface area (Å²) in [4.78, 5) is 12.2. The number of carbonyl (C=O) groups excluding carboxylic acids is 1. The number of hydrogen-bond acceptors (Lipinski definition) is 3. The number of rotatable bonds is 7. The van der Waals surface area contributed by atoms with Gasteiger partial charge in [-0.2, -0.15) is 0 Å². The highest BCUT2D eigenvalue weighted by molar-refractivity contribution is 7.89. The van der Waals surface area contributed by atoms with Crippen molar-refractivity contribution in [1.29, 1.82) is 0 Å². The van der Waals surface area contributed by atoms with E-state index in [9.17, 15) is 17.6 Å². The molecule has 9 heteroatoms. The van der Waals surface area contributed by atoms with Crippen LogP contribution >= 0.6 is 23.2 Å². The van der Waals surface area contributed by atoms with Crippen LogP contribution in [-0.2, 0) is 16.6 Å². The molecule has 1 amide bonds. The van der Waals surface area contributed by atoms with E-state index < -0.39 is 15.9 Å². The Hall–Kier alpha value is -1.67. The molecule has 0 aliphatic heterocycles. The SMILES string of the molecule is CC(C)CNS(=O)(=O)c1cc(C(=O)NCc2ccc(F)cc2)c(Cl)cc1Cl. The molecule has 0 saturated heterocycles. The van der Waals surface area contributed by atoms with Gasteiger partial charge in [-0.3, -0.25) is 4.79 Å². The van der Waals surface area contributed by atoms with Crippen LogP contribution in [0.2, 0.25) is 10.0 Å². The van der Waals surface area contributed by atoms with E-state index in [-0.39, 0.29) is 45.3 Å². The number of halogens is 3. The number of hydrogen-bond donors (Lipinski definition) is 2. The number of nitrogens with one attached hydrogen (secondary N) is 2. The molecule has 2 aromatic carbocycles. The zero-order valence-electron chi connectivity index (χ0n) is 14.7. The second-order valence-corrected chi connectivity index (χ2v) is 8.87. The van der Waals surface area contributed by atoms with Crippen LogP contribution in [-0.4, -0.2) is 20.9 Å². The molecule has 0 fully saturated rings. The van der Waals surface area contributed by atoms with Crippen molar-refractivity contribution < 1.29 is 17.6 Å². The summed E-state index contributed by atoms with van der Waals surface area (Å²) in [6.45, 7) is 4.08. The van der Waals surface area contributed by atoms with Gasteiger partial charge in [0, 0.05) is 13.1 Å². The third-order valence-electron chi connectivity index (χ3n) is 3.60. The molecule has 0 aromatic heterocycles. The van der Waals surface area contributed by atoms with Gasteiger partial charge >= 0.3 is 0 Å². The third-order valence-corrected chi connectivity index (χ3v) is 5.80. The summed E-state index contributed by atoms with van der Waals surface area (Å²) in [6, 6.07) is 7.99. The Morgan fingerprint density at radius 3 is 2.33 bits per heavy atom. The van der Waals surface area contributed by atoms with Gasteiger partial charge in [-0.25, -0.2) is 17.5 Å².